The Balaban J connectivity index is 0.986. The van der Waals surface area contributed by atoms with Crippen LogP contribution in [0.4, 0.5) is 16.4 Å². The predicted molar refractivity (Wildman–Crippen MR) is 158 cm³/mol. The van der Waals surface area contributed by atoms with Crippen molar-refractivity contribution in [2.45, 2.75) is 66.3 Å². The van der Waals surface area contributed by atoms with Crippen LogP contribution in [0.15, 0.2) is 46.7 Å². The highest BCUT2D eigenvalue weighted by Crippen LogP contribution is 2.51. The number of nitrogens with zero attached hydrogens (tertiary/aromatic N) is 7. The van der Waals surface area contributed by atoms with Crippen LogP contribution >= 0.6 is 11.8 Å². The molecule has 0 aromatic carbocycles. The van der Waals surface area contributed by atoms with Crippen molar-refractivity contribution < 1.29 is 19.7 Å². The van der Waals surface area contributed by atoms with Crippen LogP contribution < -0.4 is 20.3 Å². The number of urea groups is 1. The lowest BCUT2D eigenvalue weighted by Crippen LogP contribution is -2.45. The van der Waals surface area contributed by atoms with Gasteiger partial charge in [0.25, 0.3) is 0 Å². The molecule has 5 aliphatic rings. The van der Waals surface area contributed by atoms with Gasteiger partial charge < -0.3 is 30.5 Å². The molecule has 3 aromatic heterocycles. The van der Waals surface area contributed by atoms with Gasteiger partial charge in [0.05, 0.1) is 35.9 Å². The van der Waals surface area contributed by atoms with Crippen molar-refractivity contribution in [1.82, 2.24) is 24.8 Å². The number of aromatic nitrogens is 4. The molecular formula is C30H34N8O4S. The summed E-state index contributed by atoms with van der Waals surface area (Å²) < 4.78 is 6.15. The summed E-state index contributed by atoms with van der Waals surface area (Å²) in [7, 11) is 0. The highest BCUT2D eigenvalue weighted by Gasteiger charge is 2.50. The third-order valence-corrected chi connectivity index (χ3v) is 10.7. The summed E-state index contributed by atoms with van der Waals surface area (Å²) in [5, 5.41) is 21.3. The van der Waals surface area contributed by atoms with E-state index in [1.807, 2.05) is 18.3 Å². The quantitative estimate of drug-likeness (QED) is 0.381. The second-order valence-electron chi connectivity index (χ2n) is 12.5. The largest absolute Gasteiger partial charge is 0.486 e. The van der Waals surface area contributed by atoms with Gasteiger partial charge in [-0.1, -0.05) is 17.8 Å². The van der Waals surface area contributed by atoms with Crippen LogP contribution in [0.1, 0.15) is 48.7 Å². The van der Waals surface area contributed by atoms with Gasteiger partial charge in [-0.3, -0.25) is 9.88 Å². The van der Waals surface area contributed by atoms with Gasteiger partial charge in [-0.15, -0.1) is 0 Å². The molecule has 2 saturated heterocycles. The average molecular weight is 603 g/mol. The van der Waals surface area contributed by atoms with Gasteiger partial charge in [0.1, 0.15) is 17.3 Å². The van der Waals surface area contributed by atoms with Crippen LogP contribution in [-0.4, -0.2) is 85.5 Å². The van der Waals surface area contributed by atoms with Crippen molar-refractivity contribution in [3.05, 3.63) is 53.7 Å². The fourth-order valence-electron chi connectivity index (χ4n) is 7.13. The lowest BCUT2D eigenvalue weighted by molar-refractivity contribution is 0.109. The molecule has 8 rings (SSSR count). The van der Waals surface area contributed by atoms with Crippen molar-refractivity contribution in [2.75, 3.05) is 42.6 Å². The number of β-amino-alcohol motifs (C(OH)–C–C–N with tert-alkyl or cyclic N) is 1. The van der Waals surface area contributed by atoms with E-state index in [9.17, 15) is 15.0 Å². The molecule has 2 aliphatic carbocycles. The number of anilines is 2. The van der Waals surface area contributed by atoms with E-state index in [0.29, 0.717) is 47.8 Å². The number of carbonyl (C=O) groups is 1. The molecule has 13 heteroatoms. The number of aliphatic hydroxyl groups is 2. The first-order chi connectivity index (χ1) is 20.9. The number of hydrogen-bond acceptors (Lipinski definition) is 11. The number of rotatable bonds is 6. The predicted octanol–water partition coefficient (Wildman–Crippen LogP) is 2.28. The molecule has 0 bridgehead atoms. The van der Waals surface area contributed by atoms with E-state index in [2.05, 4.69) is 20.9 Å². The summed E-state index contributed by atoms with van der Waals surface area (Å²) >= 11 is 1.37. The number of amides is 2. The molecule has 1 unspecified atom stereocenters. The van der Waals surface area contributed by atoms with Crippen LogP contribution in [-0.2, 0) is 13.0 Å². The molecule has 1 spiro atoms. The standard InChI is InChI=1S/C30H34N8O4S/c31-25-19-2-1-8-32-20(19)12-29(25)6-10-36(11-7-29)26-21(15-39)35-23(13-34-26)43-22-3-9-33-27-24(22)42-16-18-14-37(28(40)38(18)27)17-30(41)4-5-30/h1-3,8-9,13,18,25,39,41H,4-7,10-12,14-17,31H2/t18?,25-/m1/s1. The Morgan fingerprint density at radius 3 is 2.70 bits per heavy atom. The molecule has 3 aliphatic heterocycles. The molecule has 12 nitrogen and oxygen atoms in total. The number of pyridine rings is 2. The van der Waals surface area contributed by atoms with Gasteiger partial charge in [-0.2, -0.15) is 0 Å². The van der Waals surface area contributed by atoms with Gasteiger partial charge in [0.2, 0.25) is 0 Å². The second kappa shape index (κ2) is 10.0. The number of ether oxygens (including phenoxy) is 1. The third kappa shape index (κ3) is 4.52. The Morgan fingerprint density at radius 1 is 1.09 bits per heavy atom. The smallest absolute Gasteiger partial charge is 0.326 e. The minimum atomic E-state index is -0.753. The van der Waals surface area contributed by atoms with Gasteiger partial charge in [0.15, 0.2) is 17.4 Å². The highest BCUT2D eigenvalue weighted by atomic mass is 32.2. The summed E-state index contributed by atoms with van der Waals surface area (Å²) in [6, 6.07) is 5.57. The zero-order chi connectivity index (χ0) is 29.3. The van der Waals surface area contributed by atoms with E-state index < -0.39 is 5.60 Å². The van der Waals surface area contributed by atoms with E-state index in [-0.39, 0.29) is 30.1 Å². The van der Waals surface area contributed by atoms with E-state index in [1.54, 1.807) is 22.2 Å². The molecule has 1 saturated carbocycles. The fraction of sp³-hybridized carbons (Fsp3) is 0.500. The van der Waals surface area contributed by atoms with E-state index >= 15 is 0 Å². The van der Waals surface area contributed by atoms with Crippen molar-refractivity contribution in [3.8, 4) is 5.75 Å². The van der Waals surface area contributed by atoms with E-state index in [4.69, 9.17) is 20.4 Å². The summed E-state index contributed by atoms with van der Waals surface area (Å²) in [6.07, 6.45) is 9.41. The van der Waals surface area contributed by atoms with Crippen molar-refractivity contribution in [3.63, 3.8) is 0 Å². The summed E-state index contributed by atoms with van der Waals surface area (Å²) in [5.41, 5.74) is 8.77. The molecule has 3 aromatic rings. The van der Waals surface area contributed by atoms with Crippen LogP contribution in [0.2, 0.25) is 0 Å². The third-order valence-electron chi connectivity index (χ3n) is 9.75. The molecule has 224 valence electrons. The number of aliphatic hydroxyl groups excluding tert-OH is 1. The topological polar surface area (TPSA) is 154 Å². The zero-order valence-electron chi connectivity index (χ0n) is 23.7. The number of carbonyl (C=O) groups excluding carboxylic acids is 1. The zero-order valence-corrected chi connectivity index (χ0v) is 24.5. The van der Waals surface area contributed by atoms with Gasteiger partial charge in [-0.25, -0.2) is 19.7 Å². The minimum absolute atomic E-state index is 0.000394. The highest BCUT2D eigenvalue weighted by molar-refractivity contribution is 7.99. The summed E-state index contributed by atoms with van der Waals surface area (Å²) in [6.45, 7) is 2.51. The number of nitrogens with two attached hydrogens (primary N) is 1. The first kappa shape index (κ1) is 27.1. The number of fused-ring (bicyclic) bond motifs is 4. The van der Waals surface area contributed by atoms with Crippen molar-refractivity contribution in [2.24, 2.45) is 11.1 Å². The Labute approximate surface area is 253 Å². The van der Waals surface area contributed by atoms with Crippen molar-refractivity contribution in [1.29, 1.82) is 0 Å². The Hall–Kier alpha value is -3.52. The van der Waals surface area contributed by atoms with Gasteiger partial charge in [-0.05, 0) is 55.2 Å². The normalized spacial score (nSPS) is 24.5. The van der Waals surface area contributed by atoms with Gasteiger partial charge in [0, 0.05) is 43.8 Å². The maximum Gasteiger partial charge on any atom is 0.326 e. The average Bonchev–Trinajstić information content (AvgIpc) is 3.58. The van der Waals surface area contributed by atoms with E-state index in [0.717, 1.165) is 61.3 Å². The molecule has 4 N–H and O–H groups in total. The first-order valence-electron chi connectivity index (χ1n) is 14.9. The monoisotopic (exact) mass is 602 g/mol. The Bertz CT molecular complexity index is 1590. The molecule has 6 heterocycles. The van der Waals surface area contributed by atoms with Crippen LogP contribution in [0, 0.1) is 5.41 Å². The molecule has 43 heavy (non-hydrogen) atoms. The number of hydrogen-bond donors (Lipinski definition) is 3. The minimum Gasteiger partial charge on any atom is -0.486 e. The van der Waals surface area contributed by atoms with Gasteiger partial charge >= 0.3 is 6.03 Å². The molecule has 3 fully saturated rings. The van der Waals surface area contributed by atoms with Crippen molar-refractivity contribution >= 4 is 29.4 Å². The van der Waals surface area contributed by atoms with E-state index in [1.165, 1.54) is 11.8 Å². The Morgan fingerprint density at radius 2 is 1.93 bits per heavy atom. The lowest BCUT2D eigenvalue weighted by atomic mass is 9.73. The second-order valence-corrected chi connectivity index (χ2v) is 13.5. The Kier molecular flexibility index (Phi) is 6.30. The molecule has 2 amide bonds. The fourth-order valence-corrected chi connectivity index (χ4v) is 7.99. The number of piperidine rings is 1. The van der Waals surface area contributed by atoms with Crippen LogP contribution in [0.5, 0.6) is 5.75 Å². The SMILES string of the molecule is N[C@@H]1c2cccnc2CC12CCN(c1ncc(Sc3ccnc4c3OCC3CN(CC5(O)CC5)C(=O)N43)nc1CO)CC2. The van der Waals surface area contributed by atoms with Crippen LogP contribution in [0.3, 0.4) is 0 Å². The summed E-state index contributed by atoms with van der Waals surface area (Å²) in [5.74, 6) is 1.71. The maximum absolute atomic E-state index is 13.3. The first-order valence-corrected chi connectivity index (χ1v) is 15.7. The van der Waals surface area contributed by atoms with Crippen LogP contribution in [0.25, 0.3) is 0 Å². The molecular weight excluding hydrogens is 568 g/mol. The maximum atomic E-state index is 13.3. The summed E-state index contributed by atoms with van der Waals surface area (Å²) in [4.78, 5) is 38.2. The molecule has 2 atom stereocenters. The molecule has 0 radical (unpaired) electrons. The lowest BCUT2D eigenvalue weighted by Gasteiger charge is -2.42.